The van der Waals surface area contributed by atoms with Gasteiger partial charge in [0, 0.05) is 25.9 Å². The van der Waals surface area contributed by atoms with Gasteiger partial charge in [-0.15, -0.1) is 0 Å². The van der Waals surface area contributed by atoms with Crippen molar-refractivity contribution in [2.24, 2.45) is 16.7 Å². The summed E-state index contributed by atoms with van der Waals surface area (Å²) in [5.41, 5.74) is -5.39. The molecular weight excluding hydrogens is 664 g/mol. The zero-order chi connectivity index (χ0) is 36.6. The summed E-state index contributed by atoms with van der Waals surface area (Å²) in [6, 6.07) is 10.7. The van der Waals surface area contributed by atoms with Crippen LogP contribution in [-0.4, -0.2) is 98.8 Å². The number of methoxy groups -OCH3 is 1. The fourth-order valence-corrected chi connectivity index (χ4v) is 13.0. The number of rotatable bonds is 9. The van der Waals surface area contributed by atoms with E-state index in [1.54, 1.807) is 58.0 Å². The van der Waals surface area contributed by atoms with Gasteiger partial charge >= 0.3 is 18.1 Å². The van der Waals surface area contributed by atoms with E-state index in [1.807, 2.05) is 0 Å². The van der Waals surface area contributed by atoms with E-state index in [2.05, 4.69) is 20.8 Å². The van der Waals surface area contributed by atoms with E-state index in [0.717, 1.165) is 18.1 Å². The molecule has 2 saturated heterocycles. The lowest BCUT2D eigenvalue weighted by atomic mass is 9.44. The lowest BCUT2D eigenvalue weighted by Crippen LogP contribution is -2.83. The number of aliphatic hydroxyl groups is 1. The van der Waals surface area contributed by atoms with Crippen molar-refractivity contribution in [2.75, 3.05) is 13.7 Å². The first-order valence-electron chi connectivity index (χ1n) is 17.7. The Hall–Kier alpha value is -3.10. The summed E-state index contributed by atoms with van der Waals surface area (Å²) in [6.45, 7) is 14.4. The number of ketones is 1. The van der Waals surface area contributed by atoms with Crippen molar-refractivity contribution in [2.45, 2.75) is 128 Å². The number of fused-ring (bicyclic) bond motifs is 4. The van der Waals surface area contributed by atoms with Crippen LogP contribution in [0.2, 0.25) is 18.1 Å². The molecule has 2 bridgehead atoms. The minimum atomic E-state index is -2.46. The lowest BCUT2D eigenvalue weighted by Gasteiger charge is -2.68. The maximum absolute atomic E-state index is 15.7. The van der Waals surface area contributed by atoms with Crippen LogP contribution in [0.1, 0.15) is 72.2 Å². The molecule has 2 saturated carbocycles. The number of hydrogen-bond donors (Lipinski definition) is 1. The smallest absolute Gasteiger partial charge is 0.454 e. The Morgan fingerprint density at radius 3 is 2.22 bits per heavy atom. The Kier molecular flexibility index (Phi) is 9.20. The first-order chi connectivity index (χ1) is 23.5. The topological polar surface area (TPSA) is 153 Å². The van der Waals surface area contributed by atoms with Crippen molar-refractivity contribution < 1.29 is 57.1 Å². The molecule has 13 heteroatoms. The number of hydrogen-bond acceptors (Lipinski definition) is 12. The highest BCUT2D eigenvalue weighted by atomic mass is 28.4. The molecule has 0 radical (unpaired) electrons. The molecule has 12 nitrogen and oxygen atoms in total. The molecule has 5 aliphatic rings. The summed E-state index contributed by atoms with van der Waals surface area (Å²) in [7, 11) is -1.03. The molecule has 10 atom stereocenters. The summed E-state index contributed by atoms with van der Waals surface area (Å²) in [6.07, 6.45) is -7.99. The molecular formula is C37H50O12Si. The van der Waals surface area contributed by atoms with E-state index in [-0.39, 0.29) is 24.4 Å². The summed E-state index contributed by atoms with van der Waals surface area (Å²) in [5, 5.41) is 11.9. The second-order valence-corrected chi connectivity index (χ2v) is 19.9. The number of ether oxygens (including phenoxy) is 6. The fourth-order valence-electron chi connectivity index (χ4n) is 10.0. The average molecular weight is 715 g/mol. The van der Waals surface area contributed by atoms with Crippen molar-refractivity contribution in [1.29, 1.82) is 0 Å². The lowest BCUT2D eigenvalue weighted by molar-refractivity contribution is -0.344. The van der Waals surface area contributed by atoms with Crippen LogP contribution in [-0.2, 0) is 42.4 Å². The maximum atomic E-state index is 15.7. The van der Waals surface area contributed by atoms with E-state index in [4.69, 9.17) is 32.8 Å². The van der Waals surface area contributed by atoms with E-state index in [1.165, 1.54) is 14.0 Å². The second kappa shape index (κ2) is 12.5. The highest BCUT2D eigenvalue weighted by Crippen LogP contribution is 2.67. The summed E-state index contributed by atoms with van der Waals surface area (Å²) >= 11 is 0. The third kappa shape index (κ3) is 4.83. The summed E-state index contributed by atoms with van der Waals surface area (Å²) in [4.78, 5) is 56.5. The van der Waals surface area contributed by atoms with Gasteiger partial charge < -0.3 is 38.0 Å². The highest BCUT2D eigenvalue weighted by molar-refractivity contribution is 6.73. The van der Waals surface area contributed by atoms with Crippen LogP contribution in [0.15, 0.2) is 41.5 Å². The molecule has 0 aromatic heterocycles. The van der Waals surface area contributed by atoms with Gasteiger partial charge in [-0.05, 0) is 55.3 Å². The standard InChI is InChI=1S/C37H50O12Si/c1-10-50(11-2,12-3)49-23-18-24-36(19-44-24,47-21(5)38)28-31(45-32(41)22-16-14-13-15-17-22)37-30(46-33(42)48-37)26(39)20(4)25(34(37,6)7)27(43-9)29(40)35(23,28)8/h13-17,23-24,26-28,30-31,39H,10-12,18-19H2,1-9H3/t23-,24+,26+,27+,28-,30-,31-,35+,36-,37+/m0/s1. The van der Waals surface area contributed by atoms with Gasteiger partial charge in [0.1, 0.15) is 18.3 Å². The van der Waals surface area contributed by atoms with Crippen LogP contribution in [0.25, 0.3) is 0 Å². The zero-order valence-corrected chi connectivity index (χ0v) is 31.4. The van der Waals surface area contributed by atoms with Crippen molar-refractivity contribution in [3.05, 3.63) is 47.0 Å². The average Bonchev–Trinajstić information content (AvgIpc) is 3.46. The molecule has 2 heterocycles. The Morgan fingerprint density at radius 1 is 1.04 bits per heavy atom. The van der Waals surface area contributed by atoms with Gasteiger partial charge in [-0.3, -0.25) is 9.59 Å². The number of aliphatic hydroxyl groups excluding tert-OH is 1. The molecule has 1 N–H and O–H groups in total. The van der Waals surface area contributed by atoms with Crippen LogP contribution in [0, 0.1) is 16.7 Å². The number of Topliss-reactive ketones (excluding diaryl/α,β-unsaturated/α-hetero) is 1. The van der Waals surface area contributed by atoms with Crippen molar-refractivity contribution in [3.8, 4) is 0 Å². The van der Waals surface area contributed by atoms with Gasteiger partial charge in [0.15, 0.2) is 31.9 Å². The Bertz CT molecular complexity index is 1580. The zero-order valence-electron chi connectivity index (χ0n) is 30.4. The Morgan fingerprint density at radius 2 is 1.68 bits per heavy atom. The molecule has 0 unspecified atom stereocenters. The van der Waals surface area contributed by atoms with Gasteiger partial charge in [0.05, 0.1) is 29.6 Å². The van der Waals surface area contributed by atoms with Crippen LogP contribution < -0.4 is 0 Å². The predicted octanol–water partition coefficient (Wildman–Crippen LogP) is 4.92. The van der Waals surface area contributed by atoms with Crippen LogP contribution in [0.5, 0.6) is 0 Å². The van der Waals surface area contributed by atoms with Crippen molar-refractivity contribution in [1.82, 2.24) is 0 Å². The van der Waals surface area contributed by atoms with Gasteiger partial charge in [0.25, 0.3) is 0 Å². The maximum Gasteiger partial charge on any atom is 0.509 e. The van der Waals surface area contributed by atoms with Gasteiger partial charge in [-0.1, -0.05) is 52.8 Å². The SMILES string of the molecule is CC[Si](CC)(CC)O[C@H]1C[C@H]2OC[C@@]2(OC(C)=O)[C@H]2[C@H](OC(=O)c3ccccc3)[C@]34OC(=O)O[C@H]3[C@H](O)C(C)=C([C@@H](OC)C(=O)[C@]12C)C4(C)C. The van der Waals surface area contributed by atoms with E-state index >= 15 is 4.79 Å². The summed E-state index contributed by atoms with van der Waals surface area (Å²) in [5.74, 6) is -2.99. The van der Waals surface area contributed by atoms with Crippen LogP contribution >= 0.6 is 0 Å². The number of carbonyl (C=O) groups is 4. The van der Waals surface area contributed by atoms with Crippen LogP contribution in [0.4, 0.5) is 4.79 Å². The van der Waals surface area contributed by atoms with E-state index in [9.17, 15) is 19.5 Å². The first-order valence-corrected chi connectivity index (χ1v) is 20.2. The van der Waals surface area contributed by atoms with Crippen molar-refractivity contribution in [3.63, 3.8) is 0 Å². The molecule has 3 aliphatic carbocycles. The van der Waals surface area contributed by atoms with Crippen molar-refractivity contribution >= 4 is 32.2 Å². The summed E-state index contributed by atoms with van der Waals surface area (Å²) < 4.78 is 44.6. The predicted molar refractivity (Wildman–Crippen MR) is 181 cm³/mol. The molecule has 2 aliphatic heterocycles. The molecule has 274 valence electrons. The third-order valence-corrected chi connectivity index (χ3v) is 17.6. The quantitative estimate of drug-likeness (QED) is 0.160. The fraction of sp³-hybridized carbons (Fsp3) is 0.676. The molecule has 0 amide bonds. The minimum Gasteiger partial charge on any atom is -0.454 e. The van der Waals surface area contributed by atoms with Gasteiger partial charge in [0.2, 0.25) is 5.60 Å². The Labute approximate surface area is 294 Å². The Balaban J connectivity index is 1.72. The number of carbonyl (C=O) groups excluding carboxylic acids is 4. The third-order valence-electron chi connectivity index (χ3n) is 12.9. The largest absolute Gasteiger partial charge is 0.509 e. The monoisotopic (exact) mass is 714 g/mol. The number of benzene rings is 1. The number of esters is 2. The first kappa shape index (κ1) is 36.7. The molecule has 1 aromatic carbocycles. The van der Waals surface area contributed by atoms with E-state index in [0.29, 0.717) is 11.1 Å². The van der Waals surface area contributed by atoms with Gasteiger partial charge in [-0.2, -0.15) is 0 Å². The normalized spacial score (nSPS) is 38.6. The van der Waals surface area contributed by atoms with Gasteiger partial charge in [-0.25, -0.2) is 9.59 Å². The van der Waals surface area contributed by atoms with Crippen LogP contribution in [0.3, 0.4) is 0 Å². The minimum absolute atomic E-state index is 0.118. The van der Waals surface area contributed by atoms with E-state index < -0.39 is 91.0 Å². The molecule has 1 spiro atoms. The second-order valence-electron chi connectivity index (χ2n) is 15.2. The molecule has 6 rings (SSSR count). The molecule has 50 heavy (non-hydrogen) atoms. The molecule has 4 fully saturated rings. The highest BCUT2D eigenvalue weighted by Gasteiger charge is 2.83. The molecule has 1 aromatic rings.